The van der Waals surface area contributed by atoms with Crippen LogP contribution in [-0.2, 0) is 14.3 Å². The minimum absolute atomic E-state index is 0.0390. The van der Waals surface area contributed by atoms with Crippen molar-refractivity contribution in [3.05, 3.63) is 0 Å². The van der Waals surface area contributed by atoms with E-state index >= 15 is 0 Å². The molecule has 1 saturated heterocycles. The van der Waals surface area contributed by atoms with Crippen molar-refractivity contribution < 1.29 is 24.5 Å². The highest BCUT2D eigenvalue weighted by atomic mass is 16.6. The first-order chi connectivity index (χ1) is 7.04. The number of rotatable bonds is 2. The van der Waals surface area contributed by atoms with Gasteiger partial charge < -0.3 is 19.7 Å². The molecule has 1 heterocycles. The van der Waals surface area contributed by atoms with Gasteiger partial charge in [0.2, 0.25) is 0 Å². The molecule has 0 radical (unpaired) electrons. The number of aliphatic hydroxyl groups is 2. The van der Waals surface area contributed by atoms with E-state index in [4.69, 9.17) is 15.9 Å². The number of terminal acetylenes is 1. The van der Waals surface area contributed by atoms with Crippen molar-refractivity contribution in [1.82, 2.24) is 0 Å². The minimum Gasteiger partial charge on any atom is -0.463 e. The van der Waals surface area contributed by atoms with Crippen molar-refractivity contribution in [1.29, 1.82) is 0 Å². The van der Waals surface area contributed by atoms with Crippen molar-refractivity contribution in [2.24, 2.45) is 0 Å². The second-order valence-electron chi connectivity index (χ2n) is 3.44. The molecule has 1 fully saturated rings. The first-order valence-corrected chi connectivity index (χ1v) is 4.65. The molecule has 0 aromatic carbocycles. The smallest absolute Gasteiger partial charge is 0.302 e. The normalized spacial score (nSPS) is 35.6. The molecule has 1 aliphatic rings. The van der Waals surface area contributed by atoms with Gasteiger partial charge in [-0.1, -0.05) is 5.92 Å². The summed E-state index contributed by atoms with van der Waals surface area (Å²) in [6, 6.07) is 0. The lowest BCUT2D eigenvalue weighted by Crippen LogP contribution is -2.48. The molecule has 1 rings (SSSR count). The standard InChI is InChI=1S/C10H14O5/c1-3-9-10(13)8(12)4-7(15-9)5-14-6(2)11/h1,7-10,12-13H,4-5H2,2H3/t7-,8-,9+,10-/m0/s1. The summed E-state index contributed by atoms with van der Waals surface area (Å²) in [5, 5.41) is 18.9. The number of esters is 1. The van der Waals surface area contributed by atoms with Gasteiger partial charge in [-0.05, 0) is 0 Å². The monoisotopic (exact) mass is 214 g/mol. The molecule has 1 aliphatic heterocycles. The Bertz CT molecular complexity index is 269. The largest absolute Gasteiger partial charge is 0.463 e. The molecule has 0 aromatic heterocycles. The van der Waals surface area contributed by atoms with Gasteiger partial charge in [0, 0.05) is 13.3 Å². The summed E-state index contributed by atoms with van der Waals surface area (Å²) in [6.07, 6.45) is 1.98. The predicted octanol–water partition coefficient (Wildman–Crippen LogP) is -0.938. The lowest BCUT2D eigenvalue weighted by Gasteiger charge is -2.34. The molecule has 5 nitrogen and oxygen atoms in total. The van der Waals surface area contributed by atoms with Crippen LogP contribution in [0.5, 0.6) is 0 Å². The van der Waals surface area contributed by atoms with Gasteiger partial charge in [-0.15, -0.1) is 6.42 Å². The maximum absolute atomic E-state index is 10.6. The molecule has 0 amide bonds. The number of carbonyl (C=O) groups excluding carboxylic acids is 1. The molecule has 4 atom stereocenters. The van der Waals surface area contributed by atoms with E-state index in [0.29, 0.717) is 0 Å². The fourth-order valence-electron chi connectivity index (χ4n) is 1.41. The van der Waals surface area contributed by atoms with E-state index in [1.807, 2.05) is 0 Å². The van der Waals surface area contributed by atoms with Crippen LogP contribution in [0.4, 0.5) is 0 Å². The topological polar surface area (TPSA) is 76.0 Å². The molecule has 0 saturated carbocycles. The van der Waals surface area contributed by atoms with Gasteiger partial charge in [-0.25, -0.2) is 0 Å². The van der Waals surface area contributed by atoms with Crippen LogP contribution in [0.15, 0.2) is 0 Å². The van der Waals surface area contributed by atoms with E-state index in [1.54, 1.807) is 0 Å². The van der Waals surface area contributed by atoms with Crippen LogP contribution in [0.2, 0.25) is 0 Å². The highest BCUT2D eigenvalue weighted by Gasteiger charge is 2.35. The van der Waals surface area contributed by atoms with Gasteiger partial charge in [0.15, 0.2) is 0 Å². The molecule has 0 unspecified atom stereocenters. The van der Waals surface area contributed by atoms with Gasteiger partial charge >= 0.3 is 5.97 Å². The Labute approximate surface area is 88.0 Å². The third-order valence-corrected chi connectivity index (χ3v) is 2.18. The molecule has 84 valence electrons. The van der Waals surface area contributed by atoms with Crippen LogP contribution < -0.4 is 0 Å². The number of aliphatic hydroxyl groups excluding tert-OH is 2. The first kappa shape index (κ1) is 12.0. The molecular formula is C10H14O5. The maximum atomic E-state index is 10.6. The van der Waals surface area contributed by atoms with Crippen LogP contribution in [0.1, 0.15) is 13.3 Å². The van der Waals surface area contributed by atoms with E-state index in [0.717, 1.165) is 0 Å². The zero-order valence-corrected chi connectivity index (χ0v) is 8.42. The fourth-order valence-corrected chi connectivity index (χ4v) is 1.41. The lowest BCUT2D eigenvalue weighted by atomic mass is 9.98. The molecule has 0 aliphatic carbocycles. The third-order valence-electron chi connectivity index (χ3n) is 2.18. The van der Waals surface area contributed by atoms with Crippen molar-refractivity contribution >= 4 is 5.97 Å². The highest BCUT2D eigenvalue weighted by molar-refractivity contribution is 5.65. The van der Waals surface area contributed by atoms with Crippen molar-refractivity contribution in [2.75, 3.05) is 6.61 Å². The van der Waals surface area contributed by atoms with E-state index in [1.165, 1.54) is 6.92 Å². The summed E-state index contributed by atoms with van der Waals surface area (Å²) in [7, 11) is 0. The quantitative estimate of drug-likeness (QED) is 0.458. The van der Waals surface area contributed by atoms with Gasteiger partial charge in [-0.3, -0.25) is 4.79 Å². The first-order valence-electron chi connectivity index (χ1n) is 4.65. The van der Waals surface area contributed by atoms with Crippen LogP contribution in [0, 0.1) is 12.3 Å². The maximum Gasteiger partial charge on any atom is 0.302 e. The average Bonchev–Trinajstić information content (AvgIpc) is 2.19. The fraction of sp³-hybridized carbons (Fsp3) is 0.700. The van der Waals surface area contributed by atoms with Crippen molar-refractivity contribution in [3.63, 3.8) is 0 Å². The van der Waals surface area contributed by atoms with Crippen LogP contribution in [0.25, 0.3) is 0 Å². The summed E-state index contributed by atoms with van der Waals surface area (Å²) in [5.74, 6) is 1.81. The van der Waals surface area contributed by atoms with Crippen molar-refractivity contribution in [2.45, 2.75) is 37.8 Å². The molecular weight excluding hydrogens is 200 g/mol. The summed E-state index contributed by atoms with van der Waals surface area (Å²) < 4.78 is 9.98. The predicted molar refractivity (Wildman–Crippen MR) is 50.8 cm³/mol. The minimum atomic E-state index is -1.08. The van der Waals surface area contributed by atoms with Crippen LogP contribution in [0.3, 0.4) is 0 Å². The molecule has 5 heteroatoms. The van der Waals surface area contributed by atoms with E-state index in [9.17, 15) is 15.0 Å². The SMILES string of the molecule is C#C[C@H]1O[C@H](COC(C)=O)C[C@H](O)[C@@H]1O. The Morgan fingerprint density at radius 1 is 1.67 bits per heavy atom. The van der Waals surface area contributed by atoms with Gasteiger partial charge in [0.25, 0.3) is 0 Å². The zero-order valence-electron chi connectivity index (χ0n) is 8.42. The van der Waals surface area contributed by atoms with Crippen LogP contribution in [-0.4, -0.2) is 47.2 Å². The molecule has 0 spiro atoms. The Balaban J connectivity index is 2.49. The zero-order chi connectivity index (χ0) is 11.4. The van der Waals surface area contributed by atoms with Crippen LogP contribution >= 0.6 is 0 Å². The second-order valence-corrected chi connectivity index (χ2v) is 3.44. The third kappa shape index (κ3) is 3.20. The number of ether oxygens (including phenoxy) is 2. The van der Waals surface area contributed by atoms with E-state index < -0.39 is 30.4 Å². The highest BCUT2D eigenvalue weighted by Crippen LogP contribution is 2.20. The lowest BCUT2D eigenvalue weighted by molar-refractivity contribution is -0.170. The number of hydrogen-bond acceptors (Lipinski definition) is 5. The molecule has 15 heavy (non-hydrogen) atoms. The summed E-state index contributed by atoms with van der Waals surface area (Å²) in [6.45, 7) is 1.32. The Kier molecular flexibility index (Phi) is 4.09. The van der Waals surface area contributed by atoms with Gasteiger partial charge in [0.1, 0.15) is 18.8 Å². The Hall–Kier alpha value is -1.09. The summed E-state index contributed by atoms with van der Waals surface area (Å²) in [5.41, 5.74) is 0. The Morgan fingerprint density at radius 2 is 2.33 bits per heavy atom. The van der Waals surface area contributed by atoms with E-state index in [-0.39, 0.29) is 13.0 Å². The summed E-state index contributed by atoms with van der Waals surface area (Å²) >= 11 is 0. The molecule has 2 N–H and O–H groups in total. The van der Waals surface area contributed by atoms with Gasteiger partial charge in [0.05, 0.1) is 12.2 Å². The Morgan fingerprint density at radius 3 is 2.87 bits per heavy atom. The van der Waals surface area contributed by atoms with E-state index in [2.05, 4.69) is 5.92 Å². The van der Waals surface area contributed by atoms with Crippen molar-refractivity contribution in [3.8, 4) is 12.3 Å². The molecule has 0 bridgehead atoms. The number of hydrogen-bond donors (Lipinski definition) is 2. The summed E-state index contributed by atoms with van der Waals surface area (Å²) in [4.78, 5) is 10.6. The number of carbonyl (C=O) groups is 1. The molecule has 0 aromatic rings. The second kappa shape index (κ2) is 5.12. The van der Waals surface area contributed by atoms with Gasteiger partial charge in [-0.2, -0.15) is 0 Å². The average molecular weight is 214 g/mol.